The standard InChI is InChI=1S/C14H14INO2/c15-11-3-1-5-13(9-11)17-7-8-18-14-6-2-4-12(16)10-14/h1-6,9-10H,7-8,16H2. The Hall–Kier alpha value is -1.43. The highest BCUT2D eigenvalue weighted by Crippen LogP contribution is 2.16. The molecule has 0 saturated heterocycles. The van der Waals surface area contributed by atoms with E-state index in [1.54, 1.807) is 6.07 Å². The summed E-state index contributed by atoms with van der Waals surface area (Å²) in [5, 5.41) is 0. The Balaban J connectivity index is 1.76. The third kappa shape index (κ3) is 4.10. The van der Waals surface area contributed by atoms with Gasteiger partial charge >= 0.3 is 0 Å². The molecule has 0 aliphatic heterocycles. The molecule has 18 heavy (non-hydrogen) atoms. The normalized spacial score (nSPS) is 10.1. The van der Waals surface area contributed by atoms with Crippen LogP contribution in [-0.4, -0.2) is 13.2 Å². The Bertz CT molecular complexity index is 469. The molecule has 94 valence electrons. The molecule has 0 aliphatic carbocycles. The van der Waals surface area contributed by atoms with E-state index in [-0.39, 0.29) is 0 Å². The minimum atomic E-state index is 0.495. The summed E-state index contributed by atoms with van der Waals surface area (Å²) >= 11 is 2.25. The molecule has 0 aliphatic rings. The lowest BCUT2D eigenvalue weighted by Gasteiger charge is -2.08. The Labute approximate surface area is 120 Å². The van der Waals surface area contributed by atoms with Crippen molar-refractivity contribution in [2.24, 2.45) is 0 Å². The molecule has 3 nitrogen and oxygen atoms in total. The van der Waals surface area contributed by atoms with Gasteiger partial charge in [0, 0.05) is 15.3 Å². The third-order valence-electron chi connectivity index (χ3n) is 2.27. The van der Waals surface area contributed by atoms with Gasteiger partial charge in [0.05, 0.1) is 0 Å². The van der Waals surface area contributed by atoms with Crippen molar-refractivity contribution in [1.82, 2.24) is 0 Å². The van der Waals surface area contributed by atoms with Crippen molar-refractivity contribution >= 4 is 28.3 Å². The highest BCUT2D eigenvalue weighted by atomic mass is 127. The Morgan fingerprint density at radius 2 is 1.50 bits per heavy atom. The van der Waals surface area contributed by atoms with E-state index >= 15 is 0 Å². The van der Waals surface area contributed by atoms with Gasteiger partial charge in [-0.2, -0.15) is 0 Å². The number of ether oxygens (including phenoxy) is 2. The summed E-state index contributed by atoms with van der Waals surface area (Å²) in [4.78, 5) is 0. The van der Waals surface area contributed by atoms with Crippen LogP contribution in [0, 0.1) is 3.57 Å². The van der Waals surface area contributed by atoms with E-state index in [0.29, 0.717) is 18.9 Å². The van der Waals surface area contributed by atoms with E-state index in [4.69, 9.17) is 15.2 Å². The van der Waals surface area contributed by atoms with Crippen LogP contribution in [-0.2, 0) is 0 Å². The molecule has 2 N–H and O–H groups in total. The first-order valence-corrected chi connectivity index (χ1v) is 6.68. The van der Waals surface area contributed by atoms with Crippen molar-refractivity contribution in [2.75, 3.05) is 18.9 Å². The highest BCUT2D eigenvalue weighted by molar-refractivity contribution is 14.1. The molecule has 2 rings (SSSR count). The van der Waals surface area contributed by atoms with E-state index in [0.717, 1.165) is 15.1 Å². The number of hydrogen-bond donors (Lipinski definition) is 1. The second-order valence-electron chi connectivity index (χ2n) is 3.73. The van der Waals surface area contributed by atoms with Gasteiger partial charge in [0.2, 0.25) is 0 Å². The number of anilines is 1. The summed E-state index contributed by atoms with van der Waals surface area (Å²) in [6, 6.07) is 15.3. The maximum atomic E-state index is 5.66. The summed E-state index contributed by atoms with van der Waals surface area (Å²) in [7, 11) is 0. The number of hydrogen-bond acceptors (Lipinski definition) is 3. The molecule has 0 amide bonds. The summed E-state index contributed by atoms with van der Waals surface area (Å²) in [6.45, 7) is 1.00. The topological polar surface area (TPSA) is 44.5 Å². The van der Waals surface area contributed by atoms with Crippen LogP contribution in [0.1, 0.15) is 0 Å². The van der Waals surface area contributed by atoms with E-state index in [1.807, 2.05) is 42.5 Å². The Kier molecular flexibility index (Phi) is 4.69. The molecule has 2 aromatic carbocycles. The van der Waals surface area contributed by atoms with E-state index in [1.165, 1.54) is 0 Å². The van der Waals surface area contributed by atoms with E-state index in [9.17, 15) is 0 Å². The first-order chi connectivity index (χ1) is 8.74. The predicted molar refractivity (Wildman–Crippen MR) is 81.0 cm³/mol. The van der Waals surface area contributed by atoms with Gasteiger partial charge in [-0.1, -0.05) is 12.1 Å². The van der Waals surface area contributed by atoms with E-state index in [2.05, 4.69) is 22.6 Å². The molecule has 0 bridgehead atoms. The molecule has 0 radical (unpaired) electrons. The number of nitrogens with two attached hydrogens (primary N) is 1. The minimum absolute atomic E-state index is 0.495. The molecule has 0 unspecified atom stereocenters. The summed E-state index contributed by atoms with van der Waals surface area (Å²) < 4.78 is 12.3. The third-order valence-corrected chi connectivity index (χ3v) is 2.95. The van der Waals surface area contributed by atoms with Crippen LogP contribution < -0.4 is 15.2 Å². The molecule has 0 fully saturated rings. The van der Waals surface area contributed by atoms with Gasteiger partial charge in [0.15, 0.2) is 0 Å². The molecule has 0 spiro atoms. The summed E-state index contributed by atoms with van der Waals surface area (Å²) in [5.41, 5.74) is 6.36. The molecule has 0 heterocycles. The van der Waals surface area contributed by atoms with Gasteiger partial charge < -0.3 is 15.2 Å². The van der Waals surface area contributed by atoms with Crippen molar-refractivity contribution in [1.29, 1.82) is 0 Å². The minimum Gasteiger partial charge on any atom is -0.490 e. The molecule has 4 heteroatoms. The molecule has 0 saturated carbocycles. The fourth-order valence-electron chi connectivity index (χ4n) is 1.48. The van der Waals surface area contributed by atoms with Crippen molar-refractivity contribution in [3.05, 3.63) is 52.1 Å². The summed E-state index contributed by atoms with van der Waals surface area (Å²) in [5.74, 6) is 1.62. The Morgan fingerprint density at radius 3 is 2.11 bits per heavy atom. The smallest absolute Gasteiger partial charge is 0.122 e. The number of benzene rings is 2. The molecular weight excluding hydrogens is 341 g/mol. The summed E-state index contributed by atoms with van der Waals surface area (Å²) in [6.07, 6.45) is 0. The molecule has 2 aromatic rings. The van der Waals surface area contributed by atoms with Crippen LogP contribution in [0.4, 0.5) is 5.69 Å². The first kappa shape index (κ1) is 13.0. The lowest BCUT2D eigenvalue weighted by Crippen LogP contribution is -2.09. The number of nitrogen functional groups attached to an aromatic ring is 1. The largest absolute Gasteiger partial charge is 0.490 e. The second kappa shape index (κ2) is 6.49. The number of halogens is 1. The Morgan fingerprint density at radius 1 is 0.889 bits per heavy atom. The van der Waals surface area contributed by atoms with Gasteiger partial charge in [0.1, 0.15) is 24.7 Å². The zero-order chi connectivity index (χ0) is 12.8. The van der Waals surface area contributed by atoms with Crippen molar-refractivity contribution < 1.29 is 9.47 Å². The molecule has 0 aromatic heterocycles. The van der Waals surface area contributed by atoms with Crippen LogP contribution in [0.5, 0.6) is 11.5 Å². The molecule has 0 atom stereocenters. The van der Waals surface area contributed by atoms with Crippen LogP contribution in [0.2, 0.25) is 0 Å². The fourth-order valence-corrected chi connectivity index (χ4v) is 1.99. The SMILES string of the molecule is Nc1cccc(OCCOc2cccc(I)c2)c1. The zero-order valence-electron chi connectivity index (χ0n) is 9.80. The van der Waals surface area contributed by atoms with Crippen LogP contribution >= 0.6 is 22.6 Å². The van der Waals surface area contributed by atoms with Gasteiger partial charge in [-0.3, -0.25) is 0 Å². The van der Waals surface area contributed by atoms with Crippen molar-refractivity contribution in [3.63, 3.8) is 0 Å². The predicted octanol–water partition coefficient (Wildman–Crippen LogP) is 3.33. The van der Waals surface area contributed by atoms with Gasteiger partial charge in [-0.25, -0.2) is 0 Å². The van der Waals surface area contributed by atoms with E-state index < -0.39 is 0 Å². The van der Waals surface area contributed by atoms with Crippen LogP contribution in [0.15, 0.2) is 48.5 Å². The van der Waals surface area contributed by atoms with Gasteiger partial charge in [-0.15, -0.1) is 0 Å². The lowest BCUT2D eigenvalue weighted by atomic mass is 10.3. The average Bonchev–Trinajstić information content (AvgIpc) is 2.35. The van der Waals surface area contributed by atoms with Crippen LogP contribution in [0.3, 0.4) is 0 Å². The maximum absolute atomic E-state index is 5.66. The number of rotatable bonds is 5. The first-order valence-electron chi connectivity index (χ1n) is 5.61. The molecular formula is C14H14INO2. The monoisotopic (exact) mass is 355 g/mol. The quantitative estimate of drug-likeness (QED) is 0.508. The lowest BCUT2D eigenvalue weighted by molar-refractivity contribution is 0.217. The highest BCUT2D eigenvalue weighted by Gasteiger charge is 1.96. The zero-order valence-corrected chi connectivity index (χ0v) is 12.0. The van der Waals surface area contributed by atoms with Gasteiger partial charge in [0.25, 0.3) is 0 Å². The maximum Gasteiger partial charge on any atom is 0.122 e. The fraction of sp³-hybridized carbons (Fsp3) is 0.143. The second-order valence-corrected chi connectivity index (χ2v) is 4.97. The van der Waals surface area contributed by atoms with Gasteiger partial charge in [-0.05, 0) is 52.9 Å². The van der Waals surface area contributed by atoms with Crippen molar-refractivity contribution in [2.45, 2.75) is 0 Å². The average molecular weight is 355 g/mol. The van der Waals surface area contributed by atoms with Crippen LogP contribution in [0.25, 0.3) is 0 Å². The van der Waals surface area contributed by atoms with Crippen molar-refractivity contribution in [3.8, 4) is 11.5 Å².